The SMILES string of the molecule is CCc1cnc2c(c1NC[C@@H](C)O)c(=O)n(C)c(=O)n2C. The Kier molecular flexibility index (Phi) is 4.13. The molecule has 0 aromatic carbocycles. The van der Waals surface area contributed by atoms with Gasteiger partial charge in [-0.1, -0.05) is 6.92 Å². The van der Waals surface area contributed by atoms with Crippen molar-refractivity contribution in [2.75, 3.05) is 11.9 Å². The lowest BCUT2D eigenvalue weighted by molar-refractivity contribution is 0.208. The van der Waals surface area contributed by atoms with Gasteiger partial charge in [0.25, 0.3) is 5.56 Å². The summed E-state index contributed by atoms with van der Waals surface area (Å²) < 4.78 is 2.42. The van der Waals surface area contributed by atoms with Crippen LogP contribution < -0.4 is 16.6 Å². The Bertz CT molecular complexity index is 789. The van der Waals surface area contributed by atoms with Crippen molar-refractivity contribution in [1.29, 1.82) is 0 Å². The number of pyridine rings is 1. The molecule has 0 spiro atoms. The maximum atomic E-state index is 12.4. The molecule has 2 aromatic heterocycles. The van der Waals surface area contributed by atoms with Crippen molar-refractivity contribution < 1.29 is 5.11 Å². The predicted molar refractivity (Wildman–Crippen MR) is 81.8 cm³/mol. The zero-order valence-electron chi connectivity index (χ0n) is 12.7. The van der Waals surface area contributed by atoms with E-state index in [1.807, 2.05) is 6.92 Å². The summed E-state index contributed by atoms with van der Waals surface area (Å²) in [5.74, 6) is 0. The first-order valence-corrected chi connectivity index (χ1v) is 6.88. The zero-order valence-corrected chi connectivity index (χ0v) is 12.7. The summed E-state index contributed by atoms with van der Waals surface area (Å²) in [5, 5.41) is 12.9. The summed E-state index contributed by atoms with van der Waals surface area (Å²) in [6, 6.07) is 0. The van der Waals surface area contributed by atoms with E-state index in [2.05, 4.69) is 10.3 Å². The average molecular weight is 292 g/mol. The lowest BCUT2D eigenvalue weighted by atomic mass is 10.1. The van der Waals surface area contributed by atoms with Crippen molar-refractivity contribution in [2.45, 2.75) is 26.4 Å². The van der Waals surface area contributed by atoms with Gasteiger partial charge in [-0.05, 0) is 18.9 Å². The minimum Gasteiger partial charge on any atom is -0.392 e. The quantitative estimate of drug-likeness (QED) is 0.827. The highest BCUT2D eigenvalue weighted by Crippen LogP contribution is 2.22. The predicted octanol–water partition coefficient (Wildman–Crippen LogP) is -0.0127. The van der Waals surface area contributed by atoms with Gasteiger partial charge in [0.15, 0.2) is 5.65 Å². The van der Waals surface area contributed by atoms with Crippen molar-refractivity contribution in [2.24, 2.45) is 14.1 Å². The standard InChI is InChI=1S/C14H20N4O3/c1-5-9-7-16-12-10(11(9)15-6-8(2)19)13(20)18(4)14(21)17(12)3/h7-8,19H,5-6H2,1-4H3,(H,15,16)/t8-/m1/s1. The largest absolute Gasteiger partial charge is 0.392 e. The number of anilines is 1. The van der Waals surface area contributed by atoms with Crippen LogP contribution in [-0.4, -0.2) is 31.9 Å². The molecule has 0 aliphatic heterocycles. The summed E-state index contributed by atoms with van der Waals surface area (Å²) in [6.45, 7) is 3.94. The Labute approximate surface area is 121 Å². The summed E-state index contributed by atoms with van der Waals surface area (Å²) in [5.41, 5.74) is 1.06. The van der Waals surface area contributed by atoms with E-state index in [1.54, 1.807) is 20.2 Å². The molecule has 0 bridgehead atoms. The molecule has 2 aromatic rings. The third-order valence-electron chi connectivity index (χ3n) is 3.50. The number of fused-ring (bicyclic) bond motifs is 1. The minimum atomic E-state index is -0.547. The van der Waals surface area contributed by atoms with Crippen molar-refractivity contribution in [1.82, 2.24) is 14.1 Å². The number of aromatic nitrogens is 3. The van der Waals surface area contributed by atoms with Crippen LogP contribution in [0.3, 0.4) is 0 Å². The first-order chi connectivity index (χ1) is 9.88. The normalized spacial score (nSPS) is 12.6. The Balaban J connectivity index is 2.85. The molecule has 7 nitrogen and oxygen atoms in total. The lowest BCUT2D eigenvalue weighted by Gasteiger charge is -2.16. The van der Waals surface area contributed by atoms with Crippen LogP contribution >= 0.6 is 0 Å². The van der Waals surface area contributed by atoms with Crippen molar-refractivity contribution in [3.8, 4) is 0 Å². The number of aryl methyl sites for hydroxylation is 2. The van der Waals surface area contributed by atoms with Crippen LogP contribution in [0.25, 0.3) is 11.0 Å². The molecule has 0 saturated carbocycles. The van der Waals surface area contributed by atoms with Gasteiger partial charge < -0.3 is 10.4 Å². The third-order valence-corrected chi connectivity index (χ3v) is 3.50. The molecule has 0 amide bonds. The molecular weight excluding hydrogens is 272 g/mol. The average Bonchev–Trinajstić information content (AvgIpc) is 2.47. The Morgan fingerprint density at radius 2 is 2.00 bits per heavy atom. The van der Waals surface area contributed by atoms with Gasteiger partial charge in [-0.25, -0.2) is 9.78 Å². The number of aliphatic hydroxyl groups is 1. The number of rotatable bonds is 4. The molecule has 0 saturated heterocycles. The molecule has 1 atom stereocenters. The third kappa shape index (κ3) is 2.56. The van der Waals surface area contributed by atoms with E-state index >= 15 is 0 Å². The number of aliphatic hydroxyl groups excluding tert-OH is 1. The van der Waals surface area contributed by atoms with Gasteiger partial charge in [0.2, 0.25) is 0 Å². The highest BCUT2D eigenvalue weighted by Gasteiger charge is 2.16. The molecule has 0 aliphatic carbocycles. The van der Waals surface area contributed by atoms with E-state index in [4.69, 9.17) is 0 Å². The van der Waals surface area contributed by atoms with Crippen molar-refractivity contribution in [3.63, 3.8) is 0 Å². The highest BCUT2D eigenvalue weighted by atomic mass is 16.3. The first-order valence-electron chi connectivity index (χ1n) is 6.88. The zero-order chi connectivity index (χ0) is 15.7. The van der Waals surface area contributed by atoms with E-state index < -0.39 is 11.8 Å². The van der Waals surface area contributed by atoms with E-state index in [0.29, 0.717) is 29.7 Å². The van der Waals surface area contributed by atoms with E-state index in [0.717, 1.165) is 10.1 Å². The van der Waals surface area contributed by atoms with Gasteiger partial charge in [0.1, 0.15) is 5.39 Å². The lowest BCUT2D eigenvalue weighted by Crippen LogP contribution is -2.38. The molecular formula is C14H20N4O3. The summed E-state index contributed by atoms with van der Waals surface area (Å²) in [7, 11) is 3.03. The van der Waals surface area contributed by atoms with E-state index in [9.17, 15) is 14.7 Å². The second kappa shape index (κ2) is 5.69. The van der Waals surface area contributed by atoms with Crippen LogP contribution in [0.5, 0.6) is 0 Å². The smallest absolute Gasteiger partial charge is 0.332 e. The fraction of sp³-hybridized carbons (Fsp3) is 0.500. The molecule has 0 aliphatic rings. The number of hydrogen-bond acceptors (Lipinski definition) is 5. The van der Waals surface area contributed by atoms with Gasteiger partial charge in [-0.3, -0.25) is 13.9 Å². The molecule has 21 heavy (non-hydrogen) atoms. The van der Waals surface area contributed by atoms with Crippen LogP contribution in [0.4, 0.5) is 5.69 Å². The van der Waals surface area contributed by atoms with Crippen molar-refractivity contribution >= 4 is 16.7 Å². The second-order valence-corrected chi connectivity index (χ2v) is 5.15. The maximum absolute atomic E-state index is 12.4. The number of nitrogens with zero attached hydrogens (tertiary/aromatic N) is 3. The molecule has 114 valence electrons. The monoisotopic (exact) mass is 292 g/mol. The van der Waals surface area contributed by atoms with Gasteiger partial charge in [-0.15, -0.1) is 0 Å². The van der Waals surface area contributed by atoms with Crippen LogP contribution in [0.15, 0.2) is 15.8 Å². The summed E-state index contributed by atoms with van der Waals surface area (Å²) in [6.07, 6.45) is 1.80. The summed E-state index contributed by atoms with van der Waals surface area (Å²) in [4.78, 5) is 28.7. The molecule has 2 heterocycles. The Morgan fingerprint density at radius 3 is 2.57 bits per heavy atom. The summed E-state index contributed by atoms with van der Waals surface area (Å²) >= 11 is 0. The van der Waals surface area contributed by atoms with Gasteiger partial charge in [0.05, 0.1) is 11.8 Å². The van der Waals surface area contributed by atoms with Gasteiger partial charge >= 0.3 is 5.69 Å². The Morgan fingerprint density at radius 1 is 1.33 bits per heavy atom. The minimum absolute atomic E-state index is 0.318. The second-order valence-electron chi connectivity index (χ2n) is 5.15. The number of nitrogens with one attached hydrogen (secondary N) is 1. The van der Waals surface area contributed by atoms with E-state index in [-0.39, 0.29) is 5.56 Å². The molecule has 2 rings (SSSR count). The fourth-order valence-electron chi connectivity index (χ4n) is 2.29. The highest BCUT2D eigenvalue weighted by molar-refractivity contribution is 5.90. The van der Waals surface area contributed by atoms with E-state index in [1.165, 1.54) is 11.6 Å². The van der Waals surface area contributed by atoms with Crippen LogP contribution in [0.1, 0.15) is 19.4 Å². The maximum Gasteiger partial charge on any atom is 0.332 e. The fourth-order valence-corrected chi connectivity index (χ4v) is 2.29. The molecule has 0 unspecified atom stereocenters. The van der Waals surface area contributed by atoms with Crippen LogP contribution in [0.2, 0.25) is 0 Å². The topological polar surface area (TPSA) is 89.2 Å². The van der Waals surface area contributed by atoms with Crippen LogP contribution in [-0.2, 0) is 20.5 Å². The number of hydrogen-bond donors (Lipinski definition) is 2. The Hall–Kier alpha value is -2.15. The molecule has 2 N–H and O–H groups in total. The first kappa shape index (κ1) is 15.2. The molecule has 0 radical (unpaired) electrons. The van der Waals surface area contributed by atoms with Gasteiger partial charge in [0, 0.05) is 26.8 Å². The van der Waals surface area contributed by atoms with Gasteiger partial charge in [-0.2, -0.15) is 0 Å². The molecule has 7 heteroatoms. The van der Waals surface area contributed by atoms with Crippen molar-refractivity contribution in [3.05, 3.63) is 32.6 Å². The molecule has 0 fully saturated rings. The van der Waals surface area contributed by atoms with Crippen LogP contribution in [0, 0.1) is 0 Å².